The Labute approximate surface area is 200 Å². The van der Waals surface area contributed by atoms with Crippen molar-refractivity contribution in [1.29, 1.82) is 0 Å². The van der Waals surface area contributed by atoms with Crippen molar-refractivity contribution < 1.29 is 17.9 Å². The lowest BCUT2D eigenvalue weighted by Gasteiger charge is -2.26. The Morgan fingerprint density at radius 1 is 1.00 bits per heavy atom. The van der Waals surface area contributed by atoms with Crippen LogP contribution >= 0.6 is 11.6 Å². The minimum Gasteiger partial charge on any atom is -0.491 e. The zero-order valence-electron chi connectivity index (χ0n) is 18.8. The Kier molecular flexibility index (Phi) is 8.00. The number of carbonyl (C=O) groups excluding carboxylic acids is 1. The number of para-hydroxylation sites is 2. The molecule has 0 radical (unpaired) electrons. The molecule has 0 spiro atoms. The van der Waals surface area contributed by atoms with E-state index in [2.05, 4.69) is 5.32 Å². The standard InChI is InChI=1S/C25H27ClN2O4S/c1-18-12-14-21(15-13-18)33(30,31)28(23-10-6-5-9-22(23)26)16-25(29)27-20(3)17-32-24-11-7-4-8-19(24)2/h4-15,20H,16-17H2,1-3H3,(H,27,29). The molecule has 0 aromatic heterocycles. The SMILES string of the molecule is Cc1ccc(S(=O)(=O)N(CC(=O)NC(C)COc2ccccc2C)c2ccccc2Cl)cc1. The average molecular weight is 487 g/mol. The first-order chi connectivity index (χ1) is 15.7. The van der Waals surface area contributed by atoms with Crippen molar-refractivity contribution in [2.75, 3.05) is 17.5 Å². The number of carbonyl (C=O) groups is 1. The van der Waals surface area contributed by atoms with Crippen molar-refractivity contribution in [1.82, 2.24) is 5.32 Å². The van der Waals surface area contributed by atoms with Crippen LogP contribution in [0.1, 0.15) is 18.1 Å². The number of nitrogens with zero attached hydrogens (tertiary/aromatic N) is 1. The molecule has 174 valence electrons. The number of benzene rings is 3. The van der Waals surface area contributed by atoms with E-state index in [4.69, 9.17) is 16.3 Å². The lowest BCUT2D eigenvalue weighted by molar-refractivity contribution is -0.120. The summed E-state index contributed by atoms with van der Waals surface area (Å²) in [5.74, 6) is 0.268. The predicted octanol–water partition coefficient (Wildman–Crippen LogP) is 4.74. The van der Waals surface area contributed by atoms with E-state index >= 15 is 0 Å². The highest BCUT2D eigenvalue weighted by Crippen LogP contribution is 2.30. The molecule has 1 amide bonds. The molecule has 1 unspecified atom stereocenters. The largest absolute Gasteiger partial charge is 0.491 e. The molecule has 0 fully saturated rings. The van der Waals surface area contributed by atoms with Gasteiger partial charge in [0.15, 0.2) is 0 Å². The third kappa shape index (κ3) is 6.27. The number of amides is 1. The van der Waals surface area contributed by atoms with Gasteiger partial charge in [-0.3, -0.25) is 9.10 Å². The van der Waals surface area contributed by atoms with Gasteiger partial charge in [0, 0.05) is 0 Å². The van der Waals surface area contributed by atoms with E-state index in [0.717, 1.165) is 21.2 Å². The molecule has 33 heavy (non-hydrogen) atoms. The van der Waals surface area contributed by atoms with E-state index in [0.29, 0.717) is 0 Å². The van der Waals surface area contributed by atoms with Gasteiger partial charge in [-0.15, -0.1) is 0 Å². The van der Waals surface area contributed by atoms with E-state index in [9.17, 15) is 13.2 Å². The highest BCUT2D eigenvalue weighted by Gasteiger charge is 2.29. The van der Waals surface area contributed by atoms with Crippen LogP contribution in [0.25, 0.3) is 0 Å². The molecule has 0 saturated heterocycles. The second-order valence-corrected chi connectivity index (χ2v) is 10.1. The molecule has 0 aliphatic carbocycles. The maximum atomic E-state index is 13.4. The molecule has 0 aliphatic heterocycles. The zero-order valence-corrected chi connectivity index (χ0v) is 20.4. The Balaban J connectivity index is 1.77. The van der Waals surface area contributed by atoms with E-state index in [-0.39, 0.29) is 28.3 Å². The minimum absolute atomic E-state index is 0.0803. The zero-order chi connectivity index (χ0) is 24.0. The van der Waals surface area contributed by atoms with Gasteiger partial charge >= 0.3 is 0 Å². The molecule has 6 nitrogen and oxygen atoms in total. The summed E-state index contributed by atoms with van der Waals surface area (Å²) >= 11 is 6.30. The fourth-order valence-corrected chi connectivity index (χ4v) is 4.94. The molecular formula is C25H27ClN2O4S. The summed E-state index contributed by atoms with van der Waals surface area (Å²) in [7, 11) is -4.03. The summed E-state index contributed by atoms with van der Waals surface area (Å²) in [4.78, 5) is 12.9. The molecule has 3 rings (SSSR count). The monoisotopic (exact) mass is 486 g/mol. The van der Waals surface area contributed by atoms with Gasteiger partial charge < -0.3 is 10.1 Å². The minimum atomic E-state index is -4.03. The third-order valence-electron chi connectivity index (χ3n) is 5.01. The normalized spacial score (nSPS) is 12.1. The maximum Gasteiger partial charge on any atom is 0.264 e. The maximum absolute atomic E-state index is 13.4. The first-order valence-corrected chi connectivity index (χ1v) is 12.3. The smallest absolute Gasteiger partial charge is 0.264 e. The lowest BCUT2D eigenvalue weighted by Crippen LogP contribution is -2.45. The Morgan fingerprint density at radius 3 is 2.30 bits per heavy atom. The van der Waals surface area contributed by atoms with Crippen LogP contribution in [0.15, 0.2) is 77.7 Å². The molecule has 1 N–H and O–H groups in total. The number of anilines is 1. The quantitative estimate of drug-likeness (QED) is 0.474. The molecule has 3 aromatic rings. The molecular weight excluding hydrogens is 460 g/mol. The fraction of sp³-hybridized carbons (Fsp3) is 0.240. The van der Waals surface area contributed by atoms with Crippen LogP contribution < -0.4 is 14.4 Å². The van der Waals surface area contributed by atoms with Crippen LogP contribution in [0.4, 0.5) is 5.69 Å². The Morgan fingerprint density at radius 2 is 1.64 bits per heavy atom. The first kappa shape index (κ1) is 24.6. The van der Waals surface area contributed by atoms with Crippen molar-refractivity contribution >= 4 is 33.2 Å². The first-order valence-electron chi connectivity index (χ1n) is 10.5. The molecule has 0 saturated carbocycles. The summed E-state index contributed by atoms with van der Waals surface area (Å²) < 4.78 is 33.7. The number of halogens is 1. The van der Waals surface area contributed by atoms with Gasteiger partial charge in [0.25, 0.3) is 10.0 Å². The van der Waals surface area contributed by atoms with Gasteiger partial charge in [-0.1, -0.05) is 59.6 Å². The number of sulfonamides is 1. The topological polar surface area (TPSA) is 75.7 Å². The number of hydrogen-bond donors (Lipinski definition) is 1. The Bertz CT molecular complexity index is 1210. The summed E-state index contributed by atoms with van der Waals surface area (Å²) in [5, 5.41) is 3.04. The van der Waals surface area contributed by atoms with Crippen molar-refractivity contribution in [3.8, 4) is 5.75 Å². The highest BCUT2D eigenvalue weighted by molar-refractivity contribution is 7.92. The van der Waals surface area contributed by atoms with Gasteiger partial charge in [-0.2, -0.15) is 0 Å². The molecule has 1 atom stereocenters. The summed E-state index contributed by atoms with van der Waals surface area (Å²) in [6.45, 7) is 5.43. The van der Waals surface area contributed by atoms with Crippen LogP contribution in [0.5, 0.6) is 5.75 Å². The average Bonchev–Trinajstić information content (AvgIpc) is 2.78. The Hall–Kier alpha value is -3.03. The molecule has 0 heterocycles. The predicted molar refractivity (Wildman–Crippen MR) is 131 cm³/mol. The van der Waals surface area contributed by atoms with E-state index in [1.54, 1.807) is 43.3 Å². The second kappa shape index (κ2) is 10.7. The van der Waals surface area contributed by atoms with Crippen LogP contribution in [0, 0.1) is 13.8 Å². The third-order valence-corrected chi connectivity index (χ3v) is 7.10. The van der Waals surface area contributed by atoms with Crippen LogP contribution in [0.3, 0.4) is 0 Å². The highest BCUT2D eigenvalue weighted by atomic mass is 35.5. The second-order valence-electron chi connectivity index (χ2n) is 7.82. The van der Waals surface area contributed by atoms with Crippen molar-refractivity contribution in [3.63, 3.8) is 0 Å². The molecule has 8 heteroatoms. The lowest BCUT2D eigenvalue weighted by atomic mass is 10.2. The van der Waals surface area contributed by atoms with Crippen molar-refractivity contribution in [3.05, 3.63) is 88.9 Å². The molecule has 0 aliphatic rings. The van der Waals surface area contributed by atoms with Crippen LogP contribution in [-0.2, 0) is 14.8 Å². The van der Waals surface area contributed by atoms with E-state index in [1.165, 1.54) is 12.1 Å². The van der Waals surface area contributed by atoms with Gasteiger partial charge in [0.2, 0.25) is 5.91 Å². The van der Waals surface area contributed by atoms with E-state index in [1.807, 2.05) is 38.1 Å². The van der Waals surface area contributed by atoms with Crippen molar-refractivity contribution in [2.45, 2.75) is 31.7 Å². The number of hydrogen-bond acceptors (Lipinski definition) is 4. The number of rotatable bonds is 9. The van der Waals surface area contributed by atoms with Crippen LogP contribution in [0.2, 0.25) is 5.02 Å². The van der Waals surface area contributed by atoms with Gasteiger partial charge in [0.05, 0.1) is 21.6 Å². The number of nitrogens with one attached hydrogen (secondary N) is 1. The number of ether oxygens (including phenoxy) is 1. The summed E-state index contributed by atoms with van der Waals surface area (Å²) in [6.07, 6.45) is 0. The van der Waals surface area contributed by atoms with Gasteiger partial charge in [0.1, 0.15) is 18.9 Å². The van der Waals surface area contributed by atoms with Crippen LogP contribution in [-0.4, -0.2) is 33.5 Å². The number of aryl methyl sites for hydroxylation is 2. The summed E-state index contributed by atoms with van der Waals surface area (Å²) in [5.41, 5.74) is 2.15. The molecule has 0 bridgehead atoms. The summed E-state index contributed by atoms with van der Waals surface area (Å²) in [6, 6.07) is 20.3. The van der Waals surface area contributed by atoms with E-state index < -0.39 is 22.5 Å². The fourth-order valence-electron chi connectivity index (χ4n) is 3.22. The van der Waals surface area contributed by atoms with Crippen molar-refractivity contribution in [2.24, 2.45) is 0 Å². The molecule has 3 aromatic carbocycles. The van der Waals surface area contributed by atoms with Gasteiger partial charge in [-0.05, 0) is 56.7 Å². The van der Waals surface area contributed by atoms with Gasteiger partial charge in [-0.25, -0.2) is 8.42 Å².